The van der Waals surface area contributed by atoms with Gasteiger partial charge in [-0.3, -0.25) is 4.79 Å². The van der Waals surface area contributed by atoms with E-state index in [0.29, 0.717) is 5.75 Å². The summed E-state index contributed by atoms with van der Waals surface area (Å²) < 4.78 is 0. The highest BCUT2D eigenvalue weighted by Gasteiger charge is 2.45. The lowest BCUT2D eigenvalue weighted by Gasteiger charge is -2.28. The van der Waals surface area contributed by atoms with Crippen LogP contribution in [-0.4, -0.2) is 10.9 Å². The maximum atomic E-state index is 13.6. The Morgan fingerprint density at radius 3 is 1.61 bits per heavy atom. The fourth-order valence-corrected chi connectivity index (χ4v) is 6.48. The highest BCUT2D eigenvalue weighted by atomic mass is 16.3. The summed E-state index contributed by atoms with van der Waals surface area (Å²) in [4.78, 5) is 13.6. The molecule has 4 aromatic carbocycles. The van der Waals surface area contributed by atoms with Crippen LogP contribution in [-0.2, 0) is 15.6 Å². The van der Waals surface area contributed by atoms with Crippen molar-refractivity contribution in [3.8, 4) is 29.2 Å². The number of benzene rings is 4. The fraction of sp³-hybridized carbons (Fsp3) is 0.364. The summed E-state index contributed by atoms with van der Waals surface area (Å²) in [5.74, 6) is 4.38. The Morgan fingerprint density at radius 2 is 1.15 bits per heavy atom. The zero-order valence-electron chi connectivity index (χ0n) is 29.8. The summed E-state index contributed by atoms with van der Waals surface area (Å²) in [6.45, 7) is 25.4. The minimum Gasteiger partial charge on any atom is -0.507 e. The minimum atomic E-state index is -0.283. The average Bonchev–Trinajstić information content (AvgIpc) is 2.93. The second-order valence-electron chi connectivity index (χ2n) is 17.1. The van der Waals surface area contributed by atoms with E-state index in [2.05, 4.69) is 156 Å². The van der Waals surface area contributed by atoms with E-state index in [9.17, 15) is 9.90 Å². The summed E-state index contributed by atoms with van der Waals surface area (Å²) >= 11 is 0. The van der Waals surface area contributed by atoms with Crippen LogP contribution in [0.25, 0.3) is 38.2 Å². The monoisotopic (exact) mass is 609 g/mol. The lowest BCUT2D eigenvalue weighted by Crippen LogP contribution is -2.32. The van der Waals surface area contributed by atoms with Crippen molar-refractivity contribution in [2.75, 3.05) is 0 Å². The fourth-order valence-electron chi connectivity index (χ4n) is 6.48. The smallest absolute Gasteiger partial charge is 0.291 e. The van der Waals surface area contributed by atoms with Crippen LogP contribution in [0.5, 0.6) is 5.75 Å². The van der Waals surface area contributed by atoms with Gasteiger partial charge in [-0.15, -0.1) is 6.42 Å². The van der Waals surface area contributed by atoms with Crippen molar-refractivity contribution in [2.24, 2.45) is 10.8 Å². The van der Waals surface area contributed by atoms with E-state index in [-0.39, 0.29) is 27.4 Å². The van der Waals surface area contributed by atoms with Gasteiger partial charge in [0.25, 0.3) is 5.78 Å². The van der Waals surface area contributed by atoms with Crippen molar-refractivity contribution >= 4 is 32.9 Å². The molecule has 0 radical (unpaired) electrons. The SMILES string of the molecule is C#Cc1c2cc(C3=C[C+](C(C)(C)C)C(=O)C(C(C)(C)C)=C3)ccc2cc2ccc(-c3cc(C(C)(C)C)c(O)c(C(C)(C)C)c3)cc12. The van der Waals surface area contributed by atoms with E-state index in [1.54, 1.807) is 0 Å². The molecule has 0 heterocycles. The second kappa shape index (κ2) is 10.9. The van der Waals surface area contributed by atoms with Crippen LogP contribution in [0.15, 0.2) is 72.3 Å². The Morgan fingerprint density at radius 1 is 0.652 bits per heavy atom. The van der Waals surface area contributed by atoms with Gasteiger partial charge in [-0.2, -0.15) is 0 Å². The number of hydrogen-bond acceptors (Lipinski definition) is 2. The molecule has 2 heteroatoms. The number of Topliss-reactive ketones (excluding diaryl/α,β-unsaturated/α-hetero) is 1. The van der Waals surface area contributed by atoms with Crippen LogP contribution in [0.3, 0.4) is 0 Å². The van der Waals surface area contributed by atoms with Crippen LogP contribution < -0.4 is 0 Å². The van der Waals surface area contributed by atoms with Crippen molar-refractivity contribution in [3.63, 3.8) is 0 Å². The van der Waals surface area contributed by atoms with Crippen LogP contribution >= 0.6 is 0 Å². The molecule has 0 fully saturated rings. The molecule has 2 nitrogen and oxygen atoms in total. The van der Waals surface area contributed by atoms with Gasteiger partial charge >= 0.3 is 0 Å². The summed E-state index contributed by atoms with van der Waals surface area (Å²) in [7, 11) is 0. The molecule has 0 aromatic heterocycles. The van der Waals surface area contributed by atoms with Crippen LogP contribution in [0.2, 0.25) is 0 Å². The lowest BCUT2D eigenvalue weighted by molar-refractivity contribution is -0.115. The first-order valence-electron chi connectivity index (χ1n) is 16.3. The van der Waals surface area contributed by atoms with E-state index in [4.69, 9.17) is 6.42 Å². The molecule has 0 amide bonds. The number of hydrogen-bond donors (Lipinski definition) is 1. The number of phenolic OH excluding ortho intramolecular Hbond substituents is 1. The third-order valence-corrected chi connectivity index (χ3v) is 9.20. The number of carbonyl (C=O) groups is 1. The molecule has 0 aliphatic heterocycles. The number of terminal acetylenes is 1. The number of allylic oxidation sites excluding steroid dienone is 4. The summed E-state index contributed by atoms with van der Waals surface area (Å²) in [5.41, 5.74) is 6.73. The number of fused-ring (bicyclic) bond motifs is 2. The zero-order chi connectivity index (χ0) is 34.1. The van der Waals surface area contributed by atoms with E-state index >= 15 is 0 Å². The zero-order valence-corrected chi connectivity index (χ0v) is 29.8. The Hall–Kier alpha value is -4.22. The third kappa shape index (κ3) is 6.01. The second-order valence-corrected chi connectivity index (χ2v) is 17.1. The maximum absolute atomic E-state index is 13.6. The molecule has 4 aromatic rings. The molecule has 5 rings (SSSR count). The first-order chi connectivity index (χ1) is 21.1. The van der Waals surface area contributed by atoms with Crippen LogP contribution in [0.1, 0.15) is 105 Å². The maximum Gasteiger partial charge on any atom is 0.291 e. The normalized spacial score (nSPS) is 14.8. The standard InChI is InChI=1S/C44H48O2/c1-14-32-33-20-26(30-22-35(41(2,3)4)39(45)36(23-30)42(5,6)7)15-17-28(33)19-29-18-16-27(21-34(29)32)31-24-37(43(8,9)10)40(46)38(25-31)44(11,12)13/h1,15-25H,2-13H3/p+1. The predicted molar refractivity (Wildman–Crippen MR) is 197 cm³/mol. The molecule has 0 bridgehead atoms. The first kappa shape index (κ1) is 33.2. The van der Waals surface area contributed by atoms with E-state index in [1.165, 1.54) is 0 Å². The highest BCUT2D eigenvalue weighted by molar-refractivity contribution is 6.14. The molecular formula is C44H49O2+. The van der Waals surface area contributed by atoms with E-state index in [1.807, 2.05) is 0 Å². The number of rotatable bonds is 2. The number of aromatic hydroxyl groups is 1. The van der Waals surface area contributed by atoms with Gasteiger partial charge in [0.2, 0.25) is 0 Å². The van der Waals surface area contributed by atoms with Crippen LogP contribution in [0, 0.1) is 29.1 Å². The molecule has 0 spiro atoms. The van der Waals surface area contributed by atoms with Gasteiger partial charge in [0.05, 0.1) is 17.7 Å². The molecule has 236 valence electrons. The van der Waals surface area contributed by atoms with Gasteiger partial charge in [0.15, 0.2) is 0 Å². The van der Waals surface area contributed by atoms with Crippen LogP contribution in [0.4, 0.5) is 0 Å². The molecule has 0 saturated heterocycles. The quantitative estimate of drug-likeness (QED) is 0.139. The van der Waals surface area contributed by atoms with Gasteiger partial charge in [0.1, 0.15) is 17.2 Å². The summed E-state index contributed by atoms with van der Waals surface area (Å²) in [6, 6.07) is 19.4. The Kier molecular flexibility index (Phi) is 7.89. The summed E-state index contributed by atoms with van der Waals surface area (Å²) in [5, 5.41) is 15.5. The van der Waals surface area contributed by atoms with Gasteiger partial charge in [-0.1, -0.05) is 65.7 Å². The number of phenols is 1. The molecule has 1 N–H and O–H groups in total. The Labute approximate surface area is 276 Å². The molecular weight excluding hydrogens is 560 g/mol. The Balaban J connectivity index is 1.73. The molecule has 0 atom stereocenters. The van der Waals surface area contributed by atoms with Crippen molar-refractivity contribution in [2.45, 2.75) is 93.9 Å². The molecule has 1 aliphatic carbocycles. The van der Waals surface area contributed by atoms with Gasteiger partial charge in [0, 0.05) is 33.1 Å². The highest BCUT2D eigenvalue weighted by Crippen LogP contribution is 2.45. The largest absolute Gasteiger partial charge is 0.507 e. The summed E-state index contributed by atoms with van der Waals surface area (Å²) in [6.07, 6.45) is 10.4. The topological polar surface area (TPSA) is 37.3 Å². The van der Waals surface area contributed by atoms with E-state index < -0.39 is 0 Å². The average molecular weight is 610 g/mol. The molecule has 1 aliphatic rings. The molecule has 0 unspecified atom stereocenters. The van der Waals surface area contributed by atoms with Gasteiger partial charge in [-0.25, -0.2) is 0 Å². The lowest BCUT2D eigenvalue weighted by atomic mass is 9.68. The number of carbonyl (C=O) groups excluding carboxylic acids is 1. The van der Waals surface area contributed by atoms with Crippen molar-refractivity contribution in [1.82, 2.24) is 0 Å². The van der Waals surface area contributed by atoms with Crippen molar-refractivity contribution < 1.29 is 9.90 Å². The minimum absolute atomic E-state index is 0.130. The third-order valence-electron chi connectivity index (χ3n) is 9.20. The predicted octanol–water partition coefficient (Wildman–Crippen LogP) is 11.5. The van der Waals surface area contributed by atoms with E-state index in [0.717, 1.165) is 72.0 Å². The van der Waals surface area contributed by atoms with Crippen molar-refractivity contribution in [1.29, 1.82) is 0 Å². The van der Waals surface area contributed by atoms with Gasteiger partial charge in [-0.05, 0) is 121 Å². The number of ketones is 1. The van der Waals surface area contributed by atoms with Crippen molar-refractivity contribution in [3.05, 3.63) is 100 Å². The molecule has 0 saturated carbocycles. The van der Waals surface area contributed by atoms with Gasteiger partial charge < -0.3 is 5.11 Å². The Bertz CT molecular complexity index is 1960. The molecule has 46 heavy (non-hydrogen) atoms. The first-order valence-corrected chi connectivity index (χ1v) is 16.3.